The molecule has 108 valence electrons. The molecule has 3 heteroatoms. The molecule has 1 unspecified atom stereocenters. The van der Waals surface area contributed by atoms with Crippen molar-refractivity contribution in [3.63, 3.8) is 0 Å². The highest BCUT2D eigenvalue weighted by Gasteiger charge is 2.35. The van der Waals surface area contributed by atoms with Crippen molar-refractivity contribution in [1.29, 1.82) is 0 Å². The summed E-state index contributed by atoms with van der Waals surface area (Å²) in [4.78, 5) is 12.3. The molecular weight excluding hydrogens is 236 g/mol. The first kappa shape index (κ1) is 13.4. The Morgan fingerprint density at radius 1 is 1.00 bits per heavy atom. The lowest BCUT2D eigenvalue weighted by molar-refractivity contribution is -0.127. The van der Waals surface area contributed by atoms with Crippen LogP contribution >= 0.6 is 0 Å². The van der Waals surface area contributed by atoms with Gasteiger partial charge in [0, 0.05) is 12.0 Å². The predicted octanol–water partition coefficient (Wildman–Crippen LogP) is 2.32. The maximum absolute atomic E-state index is 12.3. The van der Waals surface area contributed by atoms with Gasteiger partial charge in [0.25, 0.3) is 0 Å². The number of carbonyl (C=O) groups excluding carboxylic acids is 1. The van der Waals surface area contributed by atoms with Crippen molar-refractivity contribution in [2.45, 2.75) is 57.9 Å². The summed E-state index contributed by atoms with van der Waals surface area (Å²) in [6, 6.07) is 0.452. The summed E-state index contributed by atoms with van der Waals surface area (Å²) in [7, 11) is 0. The molecule has 3 rings (SSSR count). The van der Waals surface area contributed by atoms with Crippen LogP contribution in [0.2, 0.25) is 0 Å². The zero-order chi connectivity index (χ0) is 13.2. The fourth-order valence-electron chi connectivity index (χ4n) is 4.27. The molecule has 0 aromatic carbocycles. The largest absolute Gasteiger partial charge is 0.353 e. The molecule has 0 radical (unpaired) electrons. The second-order valence-corrected chi connectivity index (χ2v) is 7.15. The Labute approximate surface area is 116 Å². The summed E-state index contributed by atoms with van der Waals surface area (Å²) in [6.07, 6.45) is 8.37. The zero-order valence-corrected chi connectivity index (χ0v) is 12.2. The molecule has 3 nitrogen and oxygen atoms in total. The third kappa shape index (κ3) is 3.13. The van der Waals surface area contributed by atoms with E-state index in [0.29, 0.717) is 17.9 Å². The lowest BCUT2D eigenvalue weighted by Gasteiger charge is -2.33. The number of hydrogen-bond donors (Lipinski definition) is 2. The Balaban J connectivity index is 1.47. The number of fused-ring (bicyclic) bond motifs is 1. The number of amides is 1. The molecule has 1 saturated heterocycles. The van der Waals surface area contributed by atoms with Gasteiger partial charge in [0.15, 0.2) is 0 Å². The lowest BCUT2D eigenvalue weighted by atomic mass is 9.78. The molecule has 1 aliphatic heterocycles. The molecule has 1 amide bonds. The molecule has 0 aromatic heterocycles. The van der Waals surface area contributed by atoms with Gasteiger partial charge in [-0.25, -0.2) is 0 Å². The molecular formula is C16H28N2O. The molecule has 2 saturated carbocycles. The first-order valence-electron chi connectivity index (χ1n) is 8.23. The summed E-state index contributed by atoms with van der Waals surface area (Å²) in [5.41, 5.74) is 0. The van der Waals surface area contributed by atoms with Crippen LogP contribution < -0.4 is 10.6 Å². The van der Waals surface area contributed by atoms with Crippen molar-refractivity contribution in [2.24, 2.45) is 23.7 Å². The Bertz CT molecular complexity index is 323. The van der Waals surface area contributed by atoms with E-state index in [-0.39, 0.29) is 0 Å². The van der Waals surface area contributed by atoms with Gasteiger partial charge >= 0.3 is 0 Å². The van der Waals surface area contributed by atoms with Gasteiger partial charge in [-0.05, 0) is 75.8 Å². The average Bonchev–Trinajstić information content (AvgIpc) is 2.87. The van der Waals surface area contributed by atoms with E-state index < -0.39 is 0 Å². The first-order valence-corrected chi connectivity index (χ1v) is 8.23. The highest BCUT2D eigenvalue weighted by Crippen LogP contribution is 2.33. The predicted molar refractivity (Wildman–Crippen MR) is 76.8 cm³/mol. The van der Waals surface area contributed by atoms with E-state index >= 15 is 0 Å². The Hall–Kier alpha value is -0.570. The van der Waals surface area contributed by atoms with E-state index in [2.05, 4.69) is 17.6 Å². The van der Waals surface area contributed by atoms with E-state index in [1.807, 2.05) is 0 Å². The minimum atomic E-state index is 0.302. The van der Waals surface area contributed by atoms with Crippen LogP contribution in [0.5, 0.6) is 0 Å². The maximum atomic E-state index is 12.3. The van der Waals surface area contributed by atoms with E-state index in [9.17, 15) is 4.79 Å². The maximum Gasteiger partial charge on any atom is 0.223 e. The van der Waals surface area contributed by atoms with Crippen LogP contribution in [0.4, 0.5) is 0 Å². The second-order valence-electron chi connectivity index (χ2n) is 7.15. The highest BCUT2D eigenvalue weighted by molar-refractivity contribution is 5.79. The number of rotatable bonds is 2. The third-order valence-corrected chi connectivity index (χ3v) is 5.69. The number of carbonyl (C=O) groups is 1. The molecule has 19 heavy (non-hydrogen) atoms. The van der Waals surface area contributed by atoms with Gasteiger partial charge in [0.05, 0.1) is 0 Å². The SMILES string of the molecule is CC1CCC(C(=O)NC2CC[C@H]3CNC[C@H]3C2)CC1. The van der Waals surface area contributed by atoms with Crippen LogP contribution in [-0.4, -0.2) is 25.0 Å². The summed E-state index contributed by atoms with van der Waals surface area (Å²) < 4.78 is 0. The topological polar surface area (TPSA) is 41.1 Å². The first-order chi connectivity index (χ1) is 9.22. The Kier molecular flexibility index (Phi) is 4.11. The molecule has 3 aliphatic rings. The zero-order valence-electron chi connectivity index (χ0n) is 12.2. The molecule has 0 bridgehead atoms. The average molecular weight is 264 g/mol. The molecule has 2 aliphatic carbocycles. The van der Waals surface area contributed by atoms with Gasteiger partial charge in [-0.1, -0.05) is 6.92 Å². The Morgan fingerprint density at radius 3 is 2.53 bits per heavy atom. The van der Waals surface area contributed by atoms with Gasteiger partial charge in [-0.3, -0.25) is 4.79 Å². The fraction of sp³-hybridized carbons (Fsp3) is 0.938. The van der Waals surface area contributed by atoms with Crippen LogP contribution in [0.1, 0.15) is 51.9 Å². The summed E-state index contributed by atoms with van der Waals surface area (Å²) in [5.74, 6) is 3.16. The summed E-state index contributed by atoms with van der Waals surface area (Å²) in [5, 5.41) is 6.84. The molecule has 3 fully saturated rings. The van der Waals surface area contributed by atoms with Crippen molar-refractivity contribution in [3.8, 4) is 0 Å². The monoisotopic (exact) mass is 264 g/mol. The van der Waals surface area contributed by atoms with Crippen LogP contribution in [-0.2, 0) is 4.79 Å². The molecule has 0 aromatic rings. The minimum Gasteiger partial charge on any atom is -0.353 e. The van der Waals surface area contributed by atoms with Gasteiger partial charge in [0.2, 0.25) is 5.91 Å². The smallest absolute Gasteiger partial charge is 0.223 e. The van der Waals surface area contributed by atoms with E-state index in [0.717, 1.165) is 37.1 Å². The van der Waals surface area contributed by atoms with Crippen molar-refractivity contribution in [2.75, 3.05) is 13.1 Å². The fourth-order valence-corrected chi connectivity index (χ4v) is 4.27. The van der Waals surface area contributed by atoms with Crippen molar-refractivity contribution < 1.29 is 4.79 Å². The molecule has 0 spiro atoms. The summed E-state index contributed by atoms with van der Waals surface area (Å²) in [6.45, 7) is 4.67. The highest BCUT2D eigenvalue weighted by atomic mass is 16.1. The standard InChI is InChI=1S/C16H28N2O/c1-11-2-4-12(5-3-11)16(19)18-15-7-6-13-9-17-10-14(13)8-15/h11-15,17H,2-10H2,1H3,(H,18,19)/t11?,12?,13-,14+,15?/m0/s1. The van der Waals surface area contributed by atoms with E-state index in [1.54, 1.807) is 0 Å². The molecule has 3 atom stereocenters. The van der Waals surface area contributed by atoms with Crippen molar-refractivity contribution >= 4 is 5.91 Å². The molecule has 1 heterocycles. The lowest BCUT2D eigenvalue weighted by Crippen LogP contribution is -2.43. The van der Waals surface area contributed by atoms with Gasteiger partial charge < -0.3 is 10.6 Å². The van der Waals surface area contributed by atoms with Gasteiger partial charge in [-0.2, -0.15) is 0 Å². The number of hydrogen-bond acceptors (Lipinski definition) is 2. The summed E-state index contributed by atoms with van der Waals surface area (Å²) >= 11 is 0. The van der Waals surface area contributed by atoms with Crippen LogP contribution in [0.25, 0.3) is 0 Å². The van der Waals surface area contributed by atoms with Crippen molar-refractivity contribution in [3.05, 3.63) is 0 Å². The van der Waals surface area contributed by atoms with E-state index in [1.165, 1.54) is 38.6 Å². The van der Waals surface area contributed by atoms with Crippen LogP contribution in [0.15, 0.2) is 0 Å². The van der Waals surface area contributed by atoms with Gasteiger partial charge in [-0.15, -0.1) is 0 Å². The second kappa shape index (κ2) is 5.82. The number of nitrogens with one attached hydrogen (secondary N) is 2. The quantitative estimate of drug-likeness (QED) is 0.803. The van der Waals surface area contributed by atoms with Crippen LogP contribution in [0.3, 0.4) is 0 Å². The van der Waals surface area contributed by atoms with Crippen molar-refractivity contribution in [1.82, 2.24) is 10.6 Å². The normalized spacial score (nSPS) is 42.7. The van der Waals surface area contributed by atoms with Crippen LogP contribution in [0, 0.1) is 23.7 Å². The Morgan fingerprint density at radius 2 is 1.74 bits per heavy atom. The molecule has 2 N–H and O–H groups in total. The van der Waals surface area contributed by atoms with Gasteiger partial charge in [0.1, 0.15) is 0 Å². The minimum absolute atomic E-state index is 0.302. The third-order valence-electron chi connectivity index (χ3n) is 5.69. The van der Waals surface area contributed by atoms with E-state index in [4.69, 9.17) is 0 Å².